The predicted molar refractivity (Wildman–Crippen MR) is 71.2 cm³/mol. The van der Waals surface area contributed by atoms with Crippen molar-refractivity contribution in [2.75, 3.05) is 18.4 Å². The quantitative estimate of drug-likeness (QED) is 0.707. The van der Waals surface area contributed by atoms with Gasteiger partial charge in [0.2, 0.25) is 0 Å². The highest BCUT2D eigenvalue weighted by atomic mass is 19.4. The molecule has 2 amide bonds. The molecular formula is C13H16F3N3O2. The Labute approximate surface area is 119 Å². The average molecular weight is 303 g/mol. The first-order valence-corrected chi connectivity index (χ1v) is 6.56. The Morgan fingerprint density at radius 3 is 2.43 bits per heavy atom. The summed E-state index contributed by atoms with van der Waals surface area (Å²) in [6, 6.07) is 5.12. The summed E-state index contributed by atoms with van der Waals surface area (Å²) in [4.78, 5) is 11.5. The third kappa shape index (κ3) is 6.35. The molecule has 8 heteroatoms. The van der Waals surface area contributed by atoms with Gasteiger partial charge in [0.15, 0.2) is 0 Å². The number of halogens is 3. The Balaban J connectivity index is 1.70. The lowest BCUT2D eigenvalue weighted by Crippen LogP contribution is -2.35. The summed E-state index contributed by atoms with van der Waals surface area (Å²) in [7, 11) is 0. The van der Waals surface area contributed by atoms with Crippen LogP contribution in [-0.4, -0.2) is 31.5 Å². The fourth-order valence-electron chi connectivity index (χ4n) is 1.66. The maximum absolute atomic E-state index is 12.0. The van der Waals surface area contributed by atoms with Crippen molar-refractivity contribution in [1.82, 2.24) is 10.6 Å². The second-order valence-electron chi connectivity index (χ2n) is 4.68. The Kier molecular flexibility index (Phi) is 4.89. The van der Waals surface area contributed by atoms with Gasteiger partial charge < -0.3 is 20.7 Å². The van der Waals surface area contributed by atoms with Crippen LogP contribution in [0.25, 0.3) is 0 Å². The molecule has 0 saturated heterocycles. The van der Waals surface area contributed by atoms with Crippen molar-refractivity contribution in [1.29, 1.82) is 0 Å². The van der Waals surface area contributed by atoms with Gasteiger partial charge in [-0.3, -0.25) is 0 Å². The van der Waals surface area contributed by atoms with Gasteiger partial charge in [-0.25, -0.2) is 4.79 Å². The van der Waals surface area contributed by atoms with E-state index in [-0.39, 0.29) is 5.75 Å². The van der Waals surface area contributed by atoms with Crippen LogP contribution in [0, 0.1) is 0 Å². The number of ether oxygens (including phenoxy) is 1. The molecule has 0 aliphatic heterocycles. The van der Waals surface area contributed by atoms with E-state index in [4.69, 9.17) is 0 Å². The van der Waals surface area contributed by atoms with E-state index in [0.29, 0.717) is 24.8 Å². The minimum absolute atomic E-state index is 0.331. The third-order valence-electron chi connectivity index (χ3n) is 2.77. The van der Waals surface area contributed by atoms with Crippen LogP contribution < -0.4 is 20.7 Å². The molecule has 1 saturated carbocycles. The van der Waals surface area contributed by atoms with Crippen molar-refractivity contribution < 1.29 is 22.7 Å². The predicted octanol–water partition coefficient (Wildman–Crippen LogP) is 2.46. The first-order valence-electron chi connectivity index (χ1n) is 6.56. The zero-order valence-corrected chi connectivity index (χ0v) is 11.2. The summed E-state index contributed by atoms with van der Waals surface area (Å²) in [6.45, 7) is 1.17. The second kappa shape index (κ2) is 6.66. The summed E-state index contributed by atoms with van der Waals surface area (Å²) in [5.74, 6) is -0.331. The standard InChI is InChI=1S/C13H16F3N3O2/c14-13(15,16)21-11-5-3-10(4-6-11)19-12(20)18-8-7-17-9-1-2-9/h3-6,9,17H,1-2,7-8H2,(H2,18,19,20). The molecule has 0 atom stereocenters. The molecule has 0 heterocycles. The lowest BCUT2D eigenvalue weighted by atomic mass is 10.3. The number of rotatable bonds is 6. The number of carbonyl (C=O) groups is 1. The number of hydrogen-bond donors (Lipinski definition) is 3. The third-order valence-corrected chi connectivity index (χ3v) is 2.77. The fourth-order valence-corrected chi connectivity index (χ4v) is 1.66. The van der Waals surface area contributed by atoms with Crippen molar-refractivity contribution >= 4 is 11.7 Å². The number of anilines is 1. The molecule has 0 radical (unpaired) electrons. The van der Waals surface area contributed by atoms with Gasteiger partial charge in [-0.15, -0.1) is 13.2 Å². The molecule has 1 aliphatic rings. The van der Waals surface area contributed by atoms with E-state index in [2.05, 4.69) is 20.7 Å². The molecule has 5 nitrogen and oxygen atoms in total. The maximum Gasteiger partial charge on any atom is 0.573 e. The van der Waals surface area contributed by atoms with Crippen LogP contribution in [-0.2, 0) is 0 Å². The molecule has 2 rings (SSSR count). The number of carbonyl (C=O) groups excluding carboxylic acids is 1. The summed E-state index contributed by atoms with van der Waals surface area (Å²) in [6.07, 6.45) is -2.36. The van der Waals surface area contributed by atoms with E-state index in [1.165, 1.54) is 25.0 Å². The van der Waals surface area contributed by atoms with Gasteiger partial charge in [0.1, 0.15) is 5.75 Å². The van der Waals surface area contributed by atoms with Gasteiger partial charge in [0, 0.05) is 24.8 Å². The van der Waals surface area contributed by atoms with Crippen LogP contribution in [0.1, 0.15) is 12.8 Å². The summed E-state index contributed by atoms with van der Waals surface area (Å²) >= 11 is 0. The van der Waals surface area contributed by atoms with Crippen molar-refractivity contribution in [2.45, 2.75) is 25.2 Å². The number of nitrogens with one attached hydrogen (secondary N) is 3. The molecule has 3 N–H and O–H groups in total. The Morgan fingerprint density at radius 1 is 1.19 bits per heavy atom. The van der Waals surface area contributed by atoms with E-state index < -0.39 is 12.4 Å². The van der Waals surface area contributed by atoms with E-state index in [0.717, 1.165) is 12.1 Å². The van der Waals surface area contributed by atoms with E-state index in [1.54, 1.807) is 0 Å². The number of urea groups is 1. The average Bonchev–Trinajstić information content (AvgIpc) is 3.19. The van der Waals surface area contributed by atoms with E-state index >= 15 is 0 Å². The smallest absolute Gasteiger partial charge is 0.406 e. The molecule has 0 unspecified atom stereocenters. The first kappa shape index (κ1) is 15.4. The van der Waals surface area contributed by atoms with Gasteiger partial charge in [-0.1, -0.05) is 0 Å². The molecule has 116 valence electrons. The van der Waals surface area contributed by atoms with Gasteiger partial charge in [-0.2, -0.15) is 0 Å². The Morgan fingerprint density at radius 2 is 1.86 bits per heavy atom. The van der Waals surface area contributed by atoms with Crippen LogP contribution in [0.5, 0.6) is 5.75 Å². The lowest BCUT2D eigenvalue weighted by molar-refractivity contribution is -0.274. The summed E-state index contributed by atoms with van der Waals surface area (Å²) in [5.41, 5.74) is 0.386. The molecule has 0 aromatic heterocycles. The largest absolute Gasteiger partial charge is 0.573 e. The van der Waals surface area contributed by atoms with Crippen molar-refractivity contribution in [2.24, 2.45) is 0 Å². The topological polar surface area (TPSA) is 62.4 Å². The van der Waals surface area contributed by atoms with Crippen LogP contribution in [0.4, 0.5) is 23.7 Å². The van der Waals surface area contributed by atoms with Crippen LogP contribution in [0.3, 0.4) is 0 Å². The number of alkyl halides is 3. The molecule has 1 aromatic carbocycles. The highest BCUT2D eigenvalue weighted by Crippen LogP contribution is 2.23. The van der Waals surface area contributed by atoms with Crippen molar-refractivity contribution in [3.8, 4) is 5.75 Å². The number of hydrogen-bond acceptors (Lipinski definition) is 3. The maximum atomic E-state index is 12.0. The second-order valence-corrected chi connectivity index (χ2v) is 4.68. The van der Waals surface area contributed by atoms with E-state index in [1.807, 2.05) is 0 Å². The molecule has 0 bridgehead atoms. The van der Waals surface area contributed by atoms with Gasteiger partial charge >= 0.3 is 12.4 Å². The lowest BCUT2D eigenvalue weighted by Gasteiger charge is -2.10. The molecule has 0 spiro atoms. The van der Waals surface area contributed by atoms with Gasteiger partial charge in [0.25, 0.3) is 0 Å². The first-order chi connectivity index (χ1) is 9.92. The SMILES string of the molecule is O=C(NCCNC1CC1)Nc1ccc(OC(F)(F)F)cc1. The highest BCUT2D eigenvalue weighted by Gasteiger charge is 2.30. The van der Waals surface area contributed by atoms with Crippen LogP contribution >= 0.6 is 0 Å². The Bertz CT molecular complexity index is 473. The van der Waals surface area contributed by atoms with Crippen molar-refractivity contribution in [3.63, 3.8) is 0 Å². The van der Waals surface area contributed by atoms with Crippen LogP contribution in [0.15, 0.2) is 24.3 Å². The van der Waals surface area contributed by atoms with Gasteiger partial charge in [0.05, 0.1) is 0 Å². The number of amides is 2. The van der Waals surface area contributed by atoms with Gasteiger partial charge in [-0.05, 0) is 37.1 Å². The minimum atomic E-state index is -4.72. The Hall–Kier alpha value is -1.96. The normalized spacial score (nSPS) is 14.6. The zero-order valence-electron chi connectivity index (χ0n) is 11.2. The minimum Gasteiger partial charge on any atom is -0.406 e. The highest BCUT2D eigenvalue weighted by molar-refractivity contribution is 5.89. The van der Waals surface area contributed by atoms with Crippen molar-refractivity contribution in [3.05, 3.63) is 24.3 Å². The van der Waals surface area contributed by atoms with Crippen LogP contribution in [0.2, 0.25) is 0 Å². The zero-order chi connectivity index (χ0) is 15.3. The summed E-state index contributed by atoms with van der Waals surface area (Å²) < 4.78 is 39.7. The summed E-state index contributed by atoms with van der Waals surface area (Å²) in [5, 5.41) is 8.40. The number of benzene rings is 1. The molecular weight excluding hydrogens is 287 g/mol. The molecule has 1 aromatic rings. The monoisotopic (exact) mass is 303 g/mol. The molecule has 21 heavy (non-hydrogen) atoms. The fraction of sp³-hybridized carbons (Fsp3) is 0.462. The van der Waals surface area contributed by atoms with E-state index in [9.17, 15) is 18.0 Å². The molecule has 1 fully saturated rings. The molecule has 1 aliphatic carbocycles.